The van der Waals surface area contributed by atoms with Crippen molar-refractivity contribution in [3.63, 3.8) is 0 Å². The second kappa shape index (κ2) is 7.21. The van der Waals surface area contributed by atoms with E-state index in [4.69, 9.17) is 0 Å². The Hall–Kier alpha value is -2.16. The Kier molecular flexibility index (Phi) is 5.31. The third-order valence-corrected chi connectivity index (χ3v) is 3.85. The molecule has 3 heteroatoms. The molecule has 0 heterocycles. The summed E-state index contributed by atoms with van der Waals surface area (Å²) in [6.07, 6.45) is 0.628. The fourth-order valence-corrected chi connectivity index (χ4v) is 2.55. The molecule has 0 aliphatic carbocycles. The zero-order valence-electron chi connectivity index (χ0n) is 13.4. The highest BCUT2D eigenvalue weighted by molar-refractivity contribution is 5.96. The van der Waals surface area contributed by atoms with E-state index < -0.39 is 0 Å². The molecule has 1 amide bonds. The third-order valence-electron chi connectivity index (χ3n) is 3.85. The Bertz CT molecular complexity index is 645. The van der Waals surface area contributed by atoms with Gasteiger partial charge in [0.05, 0.1) is 0 Å². The van der Waals surface area contributed by atoms with Gasteiger partial charge in [0.1, 0.15) is 5.82 Å². The molecule has 0 spiro atoms. The average molecular weight is 299 g/mol. The summed E-state index contributed by atoms with van der Waals surface area (Å²) in [7, 11) is 0. The molecule has 2 nitrogen and oxygen atoms in total. The summed E-state index contributed by atoms with van der Waals surface area (Å²) in [4.78, 5) is 14.5. The van der Waals surface area contributed by atoms with Gasteiger partial charge in [-0.3, -0.25) is 4.79 Å². The van der Waals surface area contributed by atoms with Crippen LogP contribution in [0.1, 0.15) is 40.9 Å². The first kappa shape index (κ1) is 16.2. The van der Waals surface area contributed by atoms with Crippen LogP contribution in [0.3, 0.4) is 0 Å². The first-order valence-corrected chi connectivity index (χ1v) is 7.68. The van der Waals surface area contributed by atoms with E-state index in [2.05, 4.69) is 0 Å². The summed E-state index contributed by atoms with van der Waals surface area (Å²) in [6, 6.07) is 12.4. The number of carbonyl (C=O) groups is 1. The molecule has 22 heavy (non-hydrogen) atoms. The maximum absolute atomic E-state index is 13.0. The standard InChI is InChI=1S/C19H22FNO/c1-4-21(5-2)19(22)18-12-14(3)6-9-16(18)13-15-7-10-17(20)11-8-15/h6-12H,4-5,13H2,1-3H3. The van der Waals surface area contributed by atoms with Crippen molar-refractivity contribution in [2.24, 2.45) is 0 Å². The van der Waals surface area contributed by atoms with Gasteiger partial charge < -0.3 is 4.90 Å². The van der Waals surface area contributed by atoms with Gasteiger partial charge in [-0.05, 0) is 56.5 Å². The minimum Gasteiger partial charge on any atom is -0.339 e. The summed E-state index contributed by atoms with van der Waals surface area (Å²) >= 11 is 0. The fraction of sp³-hybridized carbons (Fsp3) is 0.316. The first-order chi connectivity index (χ1) is 10.5. The molecule has 2 rings (SSSR count). The number of aryl methyl sites for hydroxylation is 1. The Labute approximate surface area is 131 Å². The predicted molar refractivity (Wildman–Crippen MR) is 87.6 cm³/mol. The zero-order valence-corrected chi connectivity index (χ0v) is 13.4. The van der Waals surface area contributed by atoms with Crippen molar-refractivity contribution < 1.29 is 9.18 Å². The molecule has 116 valence electrons. The van der Waals surface area contributed by atoms with Crippen molar-refractivity contribution in [1.29, 1.82) is 0 Å². The largest absolute Gasteiger partial charge is 0.339 e. The van der Waals surface area contributed by atoms with Gasteiger partial charge in [-0.2, -0.15) is 0 Å². The van der Waals surface area contributed by atoms with E-state index in [9.17, 15) is 9.18 Å². The molecule has 0 radical (unpaired) electrons. The molecule has 0 saturated heterocycles. The van der Waals surface area contributed by atoms with E-state index in [0.717, 1.165) is 22.3 Å². The SMILES string of the molecule is CCN(CC)C(=O)c1cc(C)ccc1Cc1ccc(F)cc1. The minimum atomic E-state index is -0.243. The van der Waals surface area contributed by atoms with E-state index in [1.165, 1.54) is 12.1 Å². The number of benzene rings is 2. The van der Waals surface area contributed by atoms with Crippen molar-refractivity contribution in [1.82, 2.24) is 4.90 Å². The van der Waals surface area contributed by atoms with Crippen LogP contribution in [0.15, 0.2) is 42.5 Å². The van der Waals surface area contributed by atoms with Crippen molar-refractivity contribution >= 4 is 5.91 Å². The molecule has 2 aromatic rings. The molecular formula is C19H22FNO. The highest BCUT2D eigenvalue weighted by atomic mass is 19.1. The molecule has 0 N–H and O–H groups in total. The van der Waals surface area contributed by atoms with E-state index in [1.807, 2.05) is 43.9 Å². The smallest absolute Gasteiger partial charge is 0.254 e. The molecule has 0 aromatic heterocycles. The molecule has 0 fully saturated rings. The summed E-state index contributed by atoms with van der Waals surface area (Å²) in [5.74, 6) is -0.182. The molecule has 2 aromatic carbocycles. The number of amides is 1. The van der Waals surface area contributed by atoms with E-state index in [1.54, 1.807) is 12.1 Å². The monoisotopic (exact) mass is 299 g/mol. The van der Waals surface area contributed by atoms with Crippen LogP contribution in [0.4, 0.5) is 4.39 Å². The van der Waals surface area contributed by atoms with Gasteiger partial charge in [0.15, 0.2) is 0 Å². The average Bonchev–Trinajstić information content (AvgIpc) is 2.52. The molecular weight excluding hydrogens is 277 g/mol. The predicted octanol–water partition coefficient (Wildman–Crippen LogP) is 4.21. The van der Waals surface area contributed by atoms with Crippen molar-refractivity contribution in [2.75, 3.05) is 13.1 Å². The van der Waals surface area contributed by atoms with Crippen LogP contribution in [0.2, 0.25) is 0 Å². The summed E-state index contributed by atoms with van der Waals surface area (Å²) in [6.45, 7) is 7.34. The highest BCUT2D eigenvalue weighted by Crippen LogP contribution is 2.18. The Morgan fingerprint density at radius 2 is 1.68 bits per heavy atom. The van der Waals surface area contributed by atoms with Crippen LogP contribution in [0.25, 0.3) is 0 Å². The van der Waals surface area contributed by atoms with Crippen LogP contribution in [-0.2, 0) is 6.42 Å². The fourth-order valence-electron chi connectivity index (χ4n) is 2.55. The van der Waals surface area contributed by atoms with Crippen molar-refractivity contribution in [3.05, 3.63) is 70.5 Å². The lowest BCUT2D eigenvalue weighted by Crippen LogP contribution is -2.31. The number of hydrogen-bond donors (Lipinski definition) is 0. The topological polar surface area (TPSA) is 20.3 Å². The molecule has 0 saturated carbocycles. The lowest BCUT2D eigenvalue weighted by Gasteiger charge is -2.21. The van der Waals surface area contributed by atoms with Crippen LogP contribution in [0.5, 0.6) is 0 Å². The van der Waals surface area contributed by atoms with E-state index >= 15 is 0 Å². The molecule has 0 bridgehead atoms. The van der Waals surface area contributed by atoms with Gasteiger partial charge in [-0.15, -0.1) is 0 Å². The lowest BCUT2D eigenvalue weighted by atomic mass is 9.97. The second-order valence-electron chi connectivity index (χ2n) is 5.44. The number of rotatable bonds is 5. The zero-order chi connectivity index (χ0) is 16.1. The molecule has 0 unspecified atom stereocenters. The van der Waals surface area contributed by atoms with E-state index in [-0.39, 0.29) is 11.7 Å². The summed E-state index contributed by atoms with van der Waals surface area (Å²) in [5, 5.41) is 0. The van der Waals surface area contributed by atoms with Gasteiger partial charge in [-0.25, -0.2) is 4.39 Å². The second-order valence-corrected chi connectivity index (χ2v) is 5.44. The maximum Gasteiger partial charge on any atom is 0.254 e. The van der Waals surface area contributed by atoms with E-state index in [0.29, 0.717) is 19.5 Å². The molecule has 0 aliphatic rings. The Morgan fingerprint density at radius 1 is 1.05 bits per heavy atom. The van der Waals surface area contributed by atoms with Gasteiger partial charge in [0.25, 0.3) is 5.91 Å². The summed E-state index contributed by atoms with van der Waals surface area (Å²) in [5.41, 5.74) is 3.79. The van der Waals surface area contributed by atoms with Gasteiger partial charge in [-0.1, -0.05) is 29.8 Å². The number of carbonyl (C=O) groups excluding carboxylic acids is 1. The van der Waals surface area contributed by atoms with Gasteiger partial charge >= 0.3 is 0 Å². The van der Waals surface area contributed by atoms with Gasteiger partial charge in [0.2, 0.25) is 0 Å². The highest BCUT2D eigenvalue weighted by Gasteiger charge is 2.16. The third kappa shape index (κ3) is 3.73. The van der Waals surface area contributed by atoms with Crippen molar-refractivity contribution in [3.8, 4) is 0 Å². The Balaban J connectivity index is 2.35. The summed E-state index contributed by atoms with van der Waals surface area (Å²) < 4.78 is 13.0. The number of hydrogen-bond acceptors (Lipinski definition) is 1. The minimum absolute atomic E-state index is 0.0609. The molecule has 0 aliphatic heterocycles. The lowest BCUT2D eigenvalue weighted by molar-refractivity contribution is 0.0772. The number of halogens is 1. The number of nitrogens with zero attached hydrogens (tertiary/aromatic N) is 1. The Morgan fingerprint density at radius 3 is 2.27 bits per heavy atom. The van der Waals surface area contributed by atoms with Crippen LogP contribution < -0.4 is 0 Å². The maximum atomic E-state index is 13.0. The van der Waals surface area contributed by atoms with Crippen LogP contribution >= 0.6 is 0 Å². The first-order valence-electron chi connectivity index (χ1n) is 7.68. The van der Waals surface area contributed by atoms with Crippen molar-refractivity contribution in [2.45, 2.75) is 27.2 Å². The molecule has 0 atom stereocenters. The normalized spacial score (nSPS) is 10.5. The quantitative estimate of drug-likeness (QED) is 0.810. The van der Waals surface area contributed by atoms with Gasteiger partial charge in [0, 0.05) is 18.7 Å². The van der Waals surface area contributed by atoms with Crippen LogP contribution in [0, 0.1) is 12.7 Å². The van der Waals surface area contributed by atoms with Crippen LogP contribution in [-0.4, -0.2) is 23.9 Å².